The molecule has 0 unspecified atom stereocenters. The molecule has 14 heavy (non-hydrogen) atoms. The highest BCUT2D eigenvalue weighted by molar-refractivity contribution is 5.52. The SMILES string of the molecule is Cc1cnc(C#CCN=[N+]=[N-])c(N)c1. The quantitative estimate of drug-likeness (QED) is 0.313. The Hall–Kier alpha value is -2.18. The Kier molecular flexibility index (Phi) is 3.36. The summed E-state index contributed by atoms with van der Waals surface area (Å²) in [6.45, 7) is 2.03. The molecule has 0 aliphatic rings. The number of nitrogen functional groups attached to an aromatic ring is 1. The van der Waals surface area contributed by atoms with E-state index in [0.29, 0.717) is 11.4 Å². The number of aryl methyl sites for hydroxylation is 1. The van der Waals surface area contributed by atoms with E-state index in [-0.39, 0.29) is 6.54 Å². The second-order valence-electron chi connectivity index (χ2n) is 2.64. The first-order valence-corrected chi connectivity index (χ1v) is 3.96. The molecule has 1 aromatic heterocycles. The van der Waals surface area contributed by atoms with Crippen molar-refractivity contribution in [3.63, 3.8) is 0 Å². The highest BCUT2D eigenvalue weighted by Gasteiger charge is 1.95. The molecule has 5 heteroatoms. The van der Waals surface area contributed by atoms with E-state index in [2.05, 4.69) is 26.9 Å². The largest absolute Gasteiger partial charge is 0.396 e. The molecule has 0 aliphatic carbocycles. The van der Waals surface area contributed by atoms with Gasteiger partial charge in [0.25, 0.3) is 0 Å². The van der Waals surface area contributed by atoms with Crippen LogP contribution in [-0.2, 0) is 0 Å². The van der Waals surface area contributed by atoms with Crippen molar-refractivity contribution in [2.24, 2.45) is 5.11 Å². The number of nitrogens with two attached hydrogens (primary N) is 1. The first-order valence-electron chi connectivity index (χ1n) is 3.96. The van der Waals surface area contributed by atoms with Crippen molar-refractivity contribution in [3.8, 4) is 11.8 Å². The molecule has 0 saturated heterocycles. The van der Waals surface area contributed by atoms with Crippen LogP contribution in [0.4, 0.5) is 5.69 Å². The minimum absolute atomic E-state index is 0.130. The fourth-order valence-corrected chi connectivity index (χ4v) is 0.886. The molecule has 0 spiro atoms. The molecule has 0 bridgehead atoms. The van der Waals surface area contributed by atoms with Gasteiger partial charge in [-0.1, -0.05) is 11.0 Å². The molecule has 1 heterocycles. The molecule has 0 aromatic carbocycles. The topological polar surface area (TPSA) is 87.7 Å². The average molecular weight is 187 g/mol. The third-order valence-corrected chi connectivity index (χ3v) is 1.47. The predicted molar refractivity (Wildman–Crippen MR) is 54.3 cm³/mol. The van der Waals surface area contributed by atoms with Crippen LogP contribution in [0.25, 0.3) is 10.4 Å². The van der Waals surface area contributed by atoms with E-state index >= 15 is 0 Å². The Labute approximate surface area is 81.6 Å². The van der Waals surface area contributed by atoms with Crippen molar-refractivity contribution < 1.29 is 0 Å². The number of hydrogen-bond donors (Lipinski definition) is 1. The molecule has 0 radical (unpaired) electrons. The number of pyridine rings is 1. The Balaban J connectivity index is 2.84. The van der Waals surface area contributed by atoms with Crippen LogP contribution in [0.15, 0.2) is 17.4 Å². The summed E-state index contributed by atoms with van der Waals surface area (Å²) >= 11 is 0. The summed E-state index contributed by atoms with van der Waals surface area (Å²) in [6.07, 6.45) is 1.69. The Morgan fingerprint density at radius 2 is 2.50 bits per heavy atom. The molecule has 0 amide bonds. The lowest BCUT2D eigenvalue weighted by Gasteiger charge is -1.97. The summed E-state index contributed by atoms with van der Waals surface area (Å²) in [4.78, 5) is 6.62. The van der Waals surface area contributed by atoms with Gasteiger partial charge in [0.2, 0.25) is 0 Å². The molecule has 5 nitrogen and oxygen atoms in total. The van der Waals surface area contributed by atoms with Crippen LogP contribution in [0, 0.1) is 18.8 Å². The van der Waals surface area contributed by atoms with Gasteiger partial charge < -0.3 is 5.73 Å². The fraction of sp³-hybridized carbons (Fsp3) is 0.222. The van der Waals surface area contributed by atoms with Crippen molar-refractivity contribution in [3.05, 3.63) is 34.0 Å². The van der Waals surface area contributed by atoms with Gasteiger partial charge in [-0.3, -0.25) is 0 Å². The lowest BCUT2D eigenvalue weighted by molar-refractivity contribution is 1.23. The molecular weight excluding hydrogens is 178 g/mol. The molecule has 1 aromatic rings. The maximum atomic E-state index is 8.00. The Morgan fingerprint density at radius 1 is 1.71 bits per heavy atom. The number of rotatable bonds is 1. The third kappa shape index (κ3) is 2.70. The van der Waals surface area contributed by atoms with Crippen LogP contribution in [-0.4, -0.2) is 11.5 Å². The van der Waals surface area contributed by atoms with Gasteiger partial charge in [-0.25, -0.2) is 4.98 Å². The van der Waals surface area contributed by atoms with Crippen LogP contribution in [0.2, 0.25) is 0 Å². The van der Waals surface area contributed by atoms with E-state index in [1.165, 1.54) is 0 Å². The highest BCUT2D eigenvalue weighted by atomic mass is 15.1. The van der Waals surface area contributed by atoms with E-state index in [1.807, 2.05) is 6.92 Å². The Morgan fingerprint density at radius 3 is 3.14 bits per heavy atom. The Bertz CT molecular complexity index is 434. The van der Waals surface area contributed by atoms with E-state index in [1.54, 1.807) is 12.3 Å². The van der Waals surface area contributed by atoms with Crippen molar-refractivity contribution >= 4 is 5.69 Å². The summed E-state index contributed by atoms with van der Waals surface area (Å²) in [6, 6.07) is 1.80. The van der Waals surface area contributed by atoms with Crippen molar-refractivity contribution in [2.45, 2.75) is 6.92 Å². The number of nitrogens with zero attached hydrogens (tertiary/aromatic N) is 4. The van der Waals surface area contributed by atoms with Crippen LogP contribution >= 0.6 is 0 Å². The summed E-state index contributed by atoms with van der Waals surface area (Å²) in [5.41, 5.74) is 15.7. The van der Waals surface area contributed by atoms with E-state index < -0.39 is 0 Å². The monoisotopic (exact) mass is 187 g/mol. The highest BCUT2D eigenvalue weighted by Crippen LogP contribution is 2.08. The van der Waals surface area contributed by atoms with Crippen LogP contribution in [0.5, 0.6) is 0 Å². The number of hydrogen-bond acceptors (Lipinski definition) is 3. The van der Waals surface area contributed by atoms with Gasteiger partial charge in [0.05, 0.1) is 12.2 Å². The maximum Gasteiger partial charge on any atom is 0.136 e. The third-order valence-electron chi connectivity index (χ3n) is 1.47. The standard InChI is InChI=1S/C9H9N5/c1-7-5-8(10)9(12-6-7)3-2-4-13-14-11/h5-6H,4,10H2,1H3. The van der Waals surface area contributed by atoms with Gasteiger partial charge in [0, 0.05) is 11.1 Å². The molecule has 0 atom stereocenters. The molecule has 2 N–H and O–H groups in total. The zero-order valence-electron chi connectivity index (χ0n) is 7.73. The van der Waals surface area contributed by atoms with E-state index in [0.717, 1.165) is 5.56 Å². The lowest BCUT2D eigenvalue weighted by Crippen LogP contribution is -1.94. The van der Waals surface area contributed by atoms with Gasteiger partial charge in [0.1, 0.15) is 5.69 Å². The number of aromatic nitrogens is 1. The van der Waals surface area contributed by atoms with Gasteiger partial charge in [-0.2, -0.15) is 0 Å². The first-order chi connectivity index (χ1) is 6.74. The van der Waals surface area contributed by atoms with Gasteiger partial charge in [0.15, 0.2) is 0 Å². The van der Waals surface area contributed by atoms with E-state index in [9.17, 15) is 0 Å². The van der Waals surface area contributed by atoms with Gasteiger partial charge >= 0.3 is 0 Å². The summed E-state index contributed by atoms with van der Waals surface area (Å²) < 4.78 is 0. The molecule has 0 saturated carbocycles. The summed E-state index contributed by atoms with van der Waals surface area (Å²) in [5.74, 6) is 5.37. The van der Waals surface area contributed by atoms with Crippen molar-refractivity contribution in [1.82, 2.24) is 4.98 Å². The van der Waals surface area contributed by atoms with E-state index in [4.69, 9.17) is 11.3 Å². The van der Waals surface area contributed by atoms with Gasteiger partial charge in [-0.05, 0) is 30.0 Å². The zero-order chi connectivity index (χ0) is 10.4. The van der Waals surface area contributed by atoms with Crippen molar-refractivity contribution in [2.75, 3.05) is 12.3 Å². The van der Waals surface area contributed by atoms with Crippen LogP contribution in [0.3, 0.4) is 0 Å². The average Bonchev–Trinajstić information content (AvgIpc) is 2.15. The van der Waals surface area contributed by atoms with Gasteiger partial charge in [-0.15, -0.1) is 0 Å². The van der Waals surface area contributed by atoms with Crippen LogP contribution < -0.4 is 5.73 Å². The summed E-state index contributed by atoms with van der Waals surface area (Å²) in [7, 11) is 0. The minimum atomic E-state index is 0.130. The smallest absolute Gasteiger partial charge is 0.136 e. The molecular formula is C9H9N5. The predicted octanol–water partition coefficient (Wildman–Crippen LogP) is 1.63. The normalized spacial score (nSPS) is 8.36. The van der Waals surface area contributed by atoms with Crippen molar-refractivity contribution in [1.29, 1.82) is 0 Å². The molecule has 70 valence electrons. The van der Waals surface area contributed by atoms with Crippen LogP contribution in [0.1, 0.15) is 11.3 Å². The minimum Gasteiger partial charge on any atom is -0.396 e. The maximum absolute atomic E-state index is 8.00. The zero-order valence-corrected chi connectivity index (χ0v) is 7.73. The first kappa shape index (κ1) is 9.90. The summed E-state index contributed by atoms with van der Waals surface area (Å²) in [5, 5.41) is 3.27. The second kappa shape index (κ2) is 4.75. The second-order valence-corrected chi connectivity index (χ2v) is 2.64. The molecule has 0 aliphatic heterocycles. The fourth-order valence-electron chi connectivity index (χ4n) is 0.886. The number of azide groups is 1. The molecule has 1 rings (SSSR count). The lowest BCUT2D eigenvalue weighted by atomic mass is 10.2. The number of anilines is 1. The molecule has 0 fully saturated rings.